The molecule has 0 amide bonds. The Balaban J connectivity index is 2.02. The summed E-state index contributed by atoms with van der Waals surface area (Å²) >= 11 is 0. The van der Waals surface area contributed by atoms with E-state index in [-0.39, 0.29) is 12.1 Å². The van der Waals surface area contributed by atoms with Crippen LogP contribution in [0.2, 0.25) is 0 Å². The van der Waals surface area contributed by atoms with Crippen LogP contribution >= 0.6 is 0 Å². The van der Waals surface area contributed by atoms with E-state index in [9.17, 15) is 4.79 Å². The summed E-state index contributed by atoms with van der Waals surface area (Å²) < 4.78 is 9.63. The van der Waals surface area contributed by atoms with E-state index in [2.05, 4.69) is 30.9 Å². The van der Waals surface area contributed by atoms with Gasteiger partial charge in [0.15, 0.2) is 0 Å². The molecule has 1 heterocycles. The van der Waals surface area contributed by atoms with Gasteiger partial charge in [-0.3, -0.25) is 4.79 Å². The quantitative estimate of drug-likeness (QED) is 0.355. The summed E-state index contributed by atoms with van der Waals surface area (Å²) in [5, 5.41) is 0. The molecule has 1 aromatic heterocycles. The first-order valence-corrected chi connectivity index (χ1v) is 8.68. The lowest BCUT2D eigenvalue weighted by Gasteiger charge is -2.13. The Kier molecular flexibility index (Phi) is 8.86. The van der Waals surface area contributed by atoms with Crippen LogP contribution in [0.3, 0.4) is 0 Å². The molecular formula is C18H33N2O2+. The molecule has 1 rings (SSSR count). The van der Waals surface area contributed by atoms with Crippen molar-refractivity contribution in [3.63, 3.8) is 0 Å². The molecule has 0 radical (unpaired) electrons. The summed E-state index contributed by atoms with van der Waals surface area (Å²) in [5.41, 5.74) is 0. The van der Waals surface area contributed by atoms with E-state index in [1.165, 1.54) is 12.8 Å². The molecule has 0 aromatic carbocycles. The Morgan fingerprint density at radius 1 is 1.14 bits per heavy atom. The van der Waals surface area contributed by atoms with E-state index in [1.54, 1.807) is 0 Å². The van der Waals surface area contributed by atoms with Gasteiger partial charge in [-0.1, -0.05) is 26.7 Å². The van der Waals surface area contributed by atoms with Crippen LogP contribution < -0.4 is 4.57 Å². The maximum Gasteiger partial charge on any atom is 0.306 e. The first-order valence-electron chi connectivity index (χ1n) is 8.68. The number of aromatic nitrogens is 2. The minimum atomic E-state index is -0.0468. The van der Waals surface area contributed by atoms with Crippen LogP contribution in [0.15, 0.2) is 18.7 Å². The molecule has 1 unspecified atom stereocenters. The van der Waals surface area contributed by atoms with Crippen LogP contribution in [0.5, 0.6) is 0 Å². The molecule has 22 heavy (non-hydrogen) atoms. The third kappa shape index (κ3) is 8.85. The molecule has 126 valence electrons. The summed E-state index contributed by atoms with van der Waals surface area (Å²) in [6, 6.07) is 0. The Morgan fingerprint density at radius 2 is 1.86 bits per heavy atom. The summed E-state index contributed by atoms with van der Waals surface area (Å²) in [6.07, 6.45) is 13.2. The van der Waals surface area contributed by atoms with Gasteiger partial charge in [-0.05, 0) is 38.5 Å². The van der Waals surface area contributed by atoms with Gasteiger partial charge in [-0.25, -0.2) is 9.13 Å². The van der Waals surface area contributed by atoms with E-state index >= 15 is 0 Å². The average molecular weight is 309 g/mol. The van der Waals surface area contributed by atoms with Gasteiger partial charge in [0.05, 0.1) is 19.7 Å². The lowest BCUT2D eigenvalue weighted by molar-refractivity contribution is -0.671. The predicted octanol–water partition coefficient (Wildman–Crippen LogP) is 3.63. The lowest BCUT2D eigenvalue weighted by Crippen LogP contribution is -2.23. The normalized spacial score (nSPS) is 12.6. The van der Waals surface area contributed by atoms with Crippen molar-refractivity contribution in [1.29, 1.82) is 0 Å². The Hall–Kier alpha value is -1.32. The molecule has 1 aromatic rings. The van der Waals surface area contributed by atoms with Gasteiger partial charge in [0.25, 0.3) is 0 Å². The summed E-state index contributed by atoms with van der Waals surface area (Å²) in [4.78, 5) is 11.8. The van der Waals surface area contributed by atoms with Gasteiger partial charge >= 0.3 is 5.97 Å². The van der Waals surface area contributed by atoms with E-state index < -0.39 is 0 Å². The zero-order chi connectivity index (χ0) is 16.4. The van der Waals surface area contributed by atoms with Crippen molar-refractivity contribution in [1.82, 2.24) is 4.57 Å². The molecule has 0 aliphatic rings. The predicted molar refractivity (Wildman–Crippen MR) is 88.3 cm³/mol. The highest BCUT2D eigenvalue weighted by Crippen LogP contribution is 2.12. The maximum absolute atomic E-state index is 11.8. The second-order valence-corrected chi connectivity index (χ2v) is 6.75. The molecule has 0 bridgehead atoms. The fourth-order valence-electron chi connectivity index (χ4n) is 2.52. The monoisotopic (exact) mass is 309 g/mol. The summed E-state index contributed by atoms with van der Waals surface area (Å²) in [6.45, 7) is 7.46. The van der Waals surface area contributed by atoms with Crippen molar-refractivity contribution in [2.75, 3.05) is 0 Å². The second-order valence-electron chi connectivity index (χ2n) is 6.75. The molecule has 0 saturated carbocycles. The number of carbonyl (C=O) groups is 1. The second kappa shape index (κ2) is 10.4. The Labute approximate surface area is 135 Å². The topological polar surface area (TPSA) is 35.1 Å². The van der Waals surface area contributed by atoms with E-state index in [0.29, 0.717) is 6.42 Å². The molecule has 1 atom stereocenters. The number of esters is 1. The molecule has 0 N–H and O–H groups in total. The fourth-order valence-corrected chi connectivity index (χ4v) is 2.52. The van der Waals surface area contributed by atoms with Gasteiger partial charge < -0.3 is 4.74 Å². The number of hydrogen-bond acceptors (Lipinski definition) is 2. The van der Waals surface area contributed by atoms with Gasteiger partial charge in [0.2, 0.25) is 6.33 Å². The SMILES string of the molecule is CC(C)CCCCC(C)OC(=O)CCCCn1cc[n+](C)c1. The van der Waals surface area contributed by atoms with E-state index in [4.69, 9.17) is 4.74 Å². The van der Waals surface area contributed by atoms with Gasteiger partial charge in [0, 0.05) is 6.42 Å². The minimum absolute atomic E-state index is 0.0468. The van der Waals surface area contributed by atoms with Crippen molar-refractivity contribution in [2.45, 2.75) is 78.4 Å². The van der Waals surface area contributed by atoms with Crippen molar-refractivity contribution in [3.05, 3.63) is 18.7 Å². The van der Waals surface area contributed by atoms with Gasteiger partial charge in [-0.2, -0.15) is 0 Å². The van der Waals surface area contributed by atoms with Crippen LogP contribution in [0.4, 0.5) is 0 Å². The number of aryl methyl sites for hydroxylation is 2. The fraction of sp³-hybridized carbons (Fsp3) is 0.778. The molecule has 0 aliphatic carbocycles. The van der Waals surface area contributed by atoms with Crippen LogP contribution in [0.1, 0.15) is 65.7 Å². The molecule has 0 saturated heterocycles. The van der Waals surface area contributed by atoms with Crippen molar-refractivity contribution >= 4 is 5.97 Å². The summed E-state index contributed by atoms with van der Waals surface area (Å²) in [7, 11) is 2.01. The Morgan fingerprint density at radius 3 is 2.50 bits per heavy atom. The van der Waals surface area contributed by atoms with Crippen LogP contribution in [-0.4, -0.2) is 16.6 Å². The zero-order valence-electron chi connectivity index (χ0n) is 14.8. The number of carbonyl (C=O) groups excluding carboxylic acids is 1. The molecule has 0 spiro atoms. The molecular weight excluding hydrogens is 276 g/mol. The number of rotatable bonds is 11. The maximum atomic E-state index is 11.8. The van der Waals surface area contributed by atoms with E-state index in [0.717, 1.165) is 38.1 Å². The smallest absolute Gasteiger partial charge is 0.306 e. The highest BCUT2D eigenvalue weighted by Gasteiger charge is 2.09. The van der Waals surface area contributed by atoms with Crippen molar-refractivity contribution in [2.24, 2.45) is 13.0 Å². The lowest BCUT2D eigenvalue weighted by atomic mass is 10.0. The number of unbranched alkanes of at least 4 members (excludes halogenated alkanes) is 2. The number of nitrogens with zero attached hydrogens (tertiary/aromatic N) is 2. The van der Waals surface area contributed by atoms with Gasteiger partial charge in [0.1, 0.15) is 12.4 Å². The number of hydrogen-bond donors (Lipinski definition) is 0. The largest absolute Gasteiger partial charge is 0.463 e. The first kappa shape index (κ1) is 18.7. The molecule has 4 heteroatoms. The third-order valence-electron chi connectivity index (χ3n) is 3.85. The van der Waals surface area contributed by atoms with Crippen LogP contribution in [0.25, 0.3) is 0 Å². The first-order chi connectivity index (χ1) is 10.5. The van der Waals surface area contributed by atoms with E-state index in [1.807, 2.05) is 24.7 Å². The number of imidazole rings is 1. The molecule has 4 nitrogen and oxygen atoms in total. The average Bonchev–Trinajstić information content (AvgIpc) is 2.85. The van der Waals surface area contributed by atoms with Crippen LogP contribution in [-0.2, 0) is 23.1 Å². The third-order valence-corrected chi connectivity index (χ3v) is 3.85. The highest BCUT2D eigenvalue weighted by atomic mass is 16.5. The number of ether oxygens (including phenoxy) is 1. The summed E-state index contributed by atoms with van der Waals surface area (Å²) in [5.74, 6) is 0.717. The minimum Gasteiger partial charge on any atom is -0.463 e. The van der Waals surface area contributed by atoms with Crippen LogP contribution in [0, 0.1) is 5.92 Å². The van der Waals surface area contributed by atoms with Gasteiger partial charge in [-0.15, -0.1) is 0 Å². The van der Waals surface area contributed by atoms with Crippen molar-refractivity contribution in [3.8, 4) is 0 Å². The highest BCUT2D eigenvalue weighted by molar-refractivity contribution is 5.69. The van der Waals surface area contributed by atoms with Crippen molar-refractivity contribution < 1.29 is 14.1 Å². The zero-order valence-corrected chi connectivity index (χ0v) is 14.8. The molecule has 0 fully saturated rings. The Bertz CT molecular complexity index is 426. The standard InChI is InChI=1S/C18H33N2O2/c1-16(2)9-5-6-10-17(3)22-18(21)11-7-8-12-20-14-13-19(4)15-20/h13-17H,5-12H2,1-4H3/q+1. The molecule has 0 aliphatic heterocycles.